The number of carbonyl (C=O) groups excluding carboxylic acids is 1. The van der Waals surface area contributed by atoms with E-state index in [1.165, 1.54) is 28.7 Å². The first-order chi connectivity index (χ1) is 20.4. The molecule has 43 heavy (non-hydrogen) atoms. The van der Waals surface area contributed by atoms with Crippen molar-refractivity contribution in [3.8, 4) is 6.07 Å². The van der Waals surface area contributed by atoms with E-state index in [0.717, 1.165) is 43.6 Å². The molecule has 2 aromatic carbocycles. The van der Waals surface area contributed by atoms with Crippen molar-refractivity contribution < 1.29 is 27.2 Å². The summed E-state index contributed by atoms with van der Waals surface area (Å²) in [5, 5.41) is 19.7. The highest BCUT2D eigenvalue weighted by Gasteiger charge is 2.42. The van der Waals surface area contributed by atoms with Gasteiger partial charge < -0.3 is 14.5 Å². The fourth-order valence-corrected chi connectivity index (χ4v) is 6.23. The number of aromatic nitrogens is 3. The number of rotatable bonds is 6. The van der Waals surface area contributed by atoms with Crippen LogP contribution in [0.3, 0.4) is 0 Å². The molecular weight excluding hydrogens is 563 g/mol. The number of quaternary nitrogens is 1. The number of esters is 1. The van der Waals surface area contributed by atoms with Crippen LogP contribution in [-0.2, 0) is 22.3 Å². The second kappa shape index (κ2) is 11.3. The lowest BCUT2D eigenvalue weighted by Crippen LogP contribution is -2.52. The van der Waals surface area contributed by atoms with E-state index in [4.69, 9.17) is 4.74 Å². The van der Waals surface area contributed by atoms with Crippen molar-refractivity contribution in [2.75, 3.05) is 39.2 Å². The number of anilines is 2. The van der Waals surface area contributed by atoms with Gasteiger partial charge in [0, 0.05) is 42.9 Å². The normalized spacial score (nSPS) is 17.9. The minimum Gasteiger partial charge on any atom is -0.466 e. The Balaban J connectivity index is 1.72. The van der Waals surface area contributed by atoms with Crippen LogP contribution < -0.4 is 15.9 Å². The van der Waals surface area contributed by atoms with Gasteiger partial charge in [0.1, 0.15) is 12.6 Å². The molecule has 0 radical (unpaired) electrons. The van der Waals surface area contributed by atoms with Crippen LogP contribution in [0.4, 0.5) is 24.8 Å². The smallest absolute Gasteiger partial charge is 0.416 e. The molecule has 2 aliphatic rings. The van der Waals surface area contributed by atoms with Crippen LogP contribution >= 0.6 is 0 Å². The first-order valence-electron chi connectivity index (χ1n) is 13.9. The molecule has 0 bridgehead atoms. The number of carbonyl (C=O) groups is 1. The predicted octanol–water partition coefficient (Wildman–Crippen LogP) is 3.98. The van der Waals surface area contributed by atoms with Crippen molar-refractivity contribution in [3.05, 3.63) is 86.5 Å². The number of fused-ring (bicyclic) bond motifs is 1. The third kappa shape index (κ3) is 5.55. The van der Waals surface area contributed by atoms with Crippen molar-refractivity contribution in [2.45, 2.75) is 44.6 Å². The molecule has 0 unspecified atom stereocenters. The molecule has 1 atom stereocenters. The maximum Gasteiger partial charge on any atom is 0.416 e. The number of nitrogens with zero attached hydrogens (tertiary/aromatic N) is 5. The van der Waals surface area contributed by atoms with Gasteiger partial charge in [0.2, 0.25) is 5.95 Å². The van der Waals surface area contributed by atoms with E-state index in [-0.39, 0.29) is 22.9 Å². The summed E-state index contributed by atoms with van der Waals surface area (Å²) in [6.07, 6.45) is -2.68. The Morgan fingerprint density at radius 3 is 2.56 bits per heavy atom. The van der Waals surface area contributed by atoms with Crippen LogP contribution in [-0.4, -0.2) is 65.6 Å². The molecule has 10 nitrogen and oxygen atoms in total. The fraction of sp³-hybridized carbons (Fsp3) is 0.400. The van der Waals surface area contributed by atoms with E-state index >= 15 is 0 Å². The maximum absolute atomic E-state index is 13.6. The van der Waals surface area contributed by atoms with E-state index in [1.807, 2.05) is 0 Å². The number of nitriles is 1. The number of allylic oxidation sites excluding steroid dienone is 1. The van der Waals surface area contributed by atoms with Gasteiger partial charge in [-0.3, -0.25) is 4.90 Å². The van der Waals surface area contributed by atoms with Crippen LogP contribution in [0.25, 0.3) is 0 Å². The third-order valence-electron chi connectivity index (χ3n) is 8.42. The van der Waals surface area contributed by atoms with Crippen molar-refractivity contribution in [2.24, 2.45) is 0 Å². The van der Waals surface area contributed by atoms with Gasteiger partial charge in [-0.15, -0.1) is 5.10 Å². The quantitative estimate of drug-likeness (QED) is 0.327. The summed E-state index contributed by atoms with van der Waals surface area (Å²) in [6, 6.07) is 11.2. The predicted molar refractivity (Wildman–Crippen MR) is 152 cm³/mol. The number of halogens is 3. The highest BCUT2D eigenvalue weighted by molar-refractivity contribution is 5.93. The molecular formula is C30H33F3N7O3+. The van der Waals surface area contributed by atoms with Crippen LogP contribution in [0, 0.1) is 11.3 Å². The summed E-state index contributed by atoms with van der Waals surface area (Å²) < 4.78 is 48.0. The average Bonchev–Trinajstić information content (AvgIpc) is 3.36. The van der Waals surface area contributed by atoms with Crippen LogP contribution in [0.1, 0.15) is 48.1 Å². The zero-order chi connectivity index (χ0) is 31.1. The summed E-state index contributed by atoms with van der Waals surface area (Å²) in [6.45, 7) is 3.88. The Morgan fingerprint density at radius 2 is 1.91 bits per heavy atom. The SMILES string of the molecule is COC(=O)C1=C(C)N(c2cccc(C(F)(F)F)c2)c2n[nH]c(=O)n2[C@@H]1c1ccc(C#N)cc1C[N+](C)(C)C1CCNCC1. The Morgan fingerprint density at radius 1 is 1.19 bits per heavy atom. The molecule has 2 N–H and O–H groups in total. The van der Waals surface area contributed by atoms with E-state index in [2.05, 4.69) is 35.7 Å². The summed E-state index contributed by atoms with van der Waals surface area (Å²) in [4.78, 5) is 28.2. The van der Waals surface area contributed by atoms with Crippen LogP contribution in [0.5, 0.6) is 0 Å². The highest BCUT2D eigenvalue weighted by atomic mass is 19.4. The number of methoxy groups -OCH3 is 1. The zero-order valence-electron chi connectivity index (χ0n) is 24.3. The van der Waals surface area contributed by atoms with Gasteiger partial charge in [-0.1, -0.05) is 12.1 Å². The molecule has 0 amide bonds. The van der Waals surface area contributed by atoms with Crippen molar-refractivity contribution >= 4 is 17.6 Å². The highest BCUT2D eigenvalue weighted by Crippen LogP contribution is 2.44. The molecule has 2 aliphatic heterocycles. The van der Waals surface area contributed by atoms with Gasteiger partial charge in [0.25, 0.3) is 0 Å². The lowest BCUT2D eigenvalue weighted by Gasteiger charge is -2.41. The molecule has 3 aromatic rings. The van der Waals surface area contributed by atoms with Crippen molar-refractivity contribution in [3.63, 3.8) is 0 Å². The molecule has 5 rings (SSSR count). The first-order valence-corrected chi connectivity index (χ1v) is 13.9. The summed E-state index contributed by atoms with van der Waals surface area (Å²) in [5.74, 6) is -0.734. The lowest BCUT2D eigenvalue weighted by molar-refractivity contribution is -0.929. The van der Waals surface area contributed by atoms with Crippen molar-refractivity contribution in [1.29, 1.82) is 5.26 Å². The Kier molecular flexibility index (Phi) is 7.93. The molecule has 1 aromatic heterocycles. The van der Waals surface area contributed by atoms with Gasteiger partial charge >= 0.3 is 17.8 Å². The number of hydrogen-bond donors (Lipinski definition) is 2. The molecule has 0 saturated carbocycles. The first kappa shape index (κ1) is 30.1. The summed E-state index contributed by atoms with van der Waals surface area (Å²) >= 11 is 0. The molecule has 3 heterocycles. The number of H-pyrrole nitrogens is 1. The monoisotopic (exact) mass is 596 g/mol. The van der Waals surface area contributed by atoms with Gasteiger partial charge in [0.15, 0.2) is 0 Å². The Bertz CT molecular complexity index is 1680. The number of nitrogens with one attached hydrogen (secondary N) is 2. The minimum atomic E-state index is -4.61. The number of piperidine rings is 1. The molecule has 0 spiro atoms. The largest absolute Gasteiger partial charge is 0.466 e. The average molecular weight is 597 g/mol. The molecule has 226 valence electrons. The maximum atomic E-state index is 13.6. The fourth-order valence-electron chi connectivity index (χ4n) is 6.23. The minimum absolute atomic E-state index is 0.0156. The summed E-state index contributed by atoms with van der Waals surface area (Å²) in [5.41, 5.74) is 0.603. The number of benzene rings is 2. The second-order valence-electron chi connectivity index (χ2n) is 11.4. The van der Waals surface area contributed by atoms with Crippen molar-refractivity contribution in [1.82, 2.24) is 20.1 Å². The Labute approximate surface area is 246 Å². The van der Waals surface area contributed by atoms with Crippen LogP contribution in [0.2, 0.25) is 0 Å². The van der Waals surface area contributed by atoms with Gasteiger partial charge in [0.05, 0.1) is 50.0 Å². The van der Waals surface area contributed by atoms with Crippen LogP contribution in [0.15, 0.2) is 58.5 Å². The molecule has 0 aliphatic carbocycles. The topological polar surface area (TPSA) is 116 Å². The second-order valence-corrected chi connectivity index (χ2v) is 11.4. The van der Waals surface area contributed by atoms with E-state index < -0.39 is 29.4 Å². The Hall–Kier alpha value is -4.41. The van der Waals surface area contributed by atoms with E-state index in [1.54, 1.807) is 25.1 Å². The van der Waals surface area contributed by atoms with E-state index in [0.29, 0.717) is 28.2 Å². The van der Waals surface area contributed by atoms with E-state index in [9.17, 15) is 28.0 Å². The molecule has 1 saturated heterocycles. The summed E-state index contributed by atoms with van der Waals surface area (Å²) in [7, 11) is 5.44. The number of ether oxygens (including phenoxy) is 1. The van der Waals surface area contributed by atoms with Gasteiger partial charge in [-0.05, 0) is 42.8 Å². The molecule has 13 heteroatoms. The van der Waals surface area contributed by atoms with Gasteiger partial charge in [-0.2, -0.15) is 18.4 Å². The standard InChI is InChI=1S/C30H32F3N7O3/c1-18-25(27(41)43-4)26(24-9-8-19(16-34)14-20(24)17-40(2,3)23-10-12-35-13-11-23)39-28(36-37-29(39)42)38(18)22-7-5-6-21(15-22)30(31,32)33/h5-9,14-15,23,26,35H,10-13,17H2,1-4H3/p+1/t26-/m1/s1. The number of alkyl halides is 3. The number of hydrogen-bond acceptors (Lipinski definition) is 7. The lowest BCUT2D eigenvalue weighted by atomic mass is 9.89. The number of aromatic amines is 1. The third-order valence-corrected chi connectivity index (χ3v) is 8.42. The molecule has 1 fully saturated rings. The van der Waals surface area contributed by atoms with Gasteiger partial charge in [-0.25, -0.2) is 19.3 Å². The zero-order valence-corrected chi connectivity index (χ0v) is 24.3.